The van der Waals surface area contributed by atoms with Gasteiger partial charge in [-0.3, -0.25) is 4.79 Å². The highest BCUT2D eigenvalue weighted by Crippen LogP contribution is 2.26. The fourth-order valence-corrected chi connectivity index (χ4v) is 3.56. The summed E-state index contributed by atoms with van der Waals surface area (Å²) in [5.41, 5.74) is 5.21. The molecule has 4 rings (SSSR count). The van der Waals surface area contributed by atoms with Crippen LogP contribution in [0.3, 0.4) is 0 Å². The van der Waals surface area contributed by atoms with Crippen LogP contribution in [0.5, 0.6) is 0 Å². The molecule has 5 nitrogen and oxygen atoms in total. The van der Waals surface area contributed by atoms with Crippen LogP contribution in [0.25, 0.3) is 17.1 Å². The molecule has 2 heterocycles. The van der Waals surface area contributed by atoms with Gasteiger partial charge in [-0.2, -0.15) is 5.10 Å². The minimum Gasteiger partial charge on any atom is -0.460 e. The summed E-state index contributed by atoms with van der Waals surface area (Å²) in [6, 6.07) is 21.4. The maximum Gasteiger partial charge on any atom is 0.270 e. The van der Waals surface area contributed by atoms with Crippen molar-refractivity contribution in [1.82, 2.24) is 15.1 Å². The minimum atomic E-state index is -0.187. The second-order valence-electron chi connectivity index (χ2n) is 7.63. The number of carbonyl (C=O) groups is 1. The van der Waals surface area contributed by atoms with Crippen LogP contribution in [0.1, 0.15) is 45.9 Å². The molecule has 4 aromatic rings. The third-order valence-corrected chi connectivity index (χ3v) is 5.16. The number of rotatable bonds is 5. The van der Waals surface area contributed by atoms with Gasteiger partial charge in [0.05, 0.1) is 11.7 Å². The maximum atomic E-state index is 13.2. The Morgan fingerprint density at radius 3 is 2.43 bits per heavy atom. The van der Waals surface area contributed by atoms with E-state index >= 15 is 0 Å². The SMILES string of the molecule is Cc1ccc(-n2nc(-c3ccc(C)o3)cc2C(=O)NC(C)c2ccccc2)c(C)c1. The maximum absolute atomic E-state index is 13.2. The van der Waals surface area contributed by atoms with Gasteiger partial charge in [-0.15, -0.1) is 0 Å². The van der Waals surface area contributed by atoms with E-state index in [1.165, 1.54) is 0 Å². The molecule has 2 aromatic carbocycles. The number of aryl methyl sites for hydroxylation is 3. The number of hydrogen-bond acceptors (Lipinski definition) is 3. The molecule has 0 saturated heterocycles. The average Bonchev–Trinajstić information content (AvgIpc) is 3.35. The van der Waals surface area contributed by atoms with E-state index in [0.717, 1.165) is 28.1 Å². The number of hydrogen-bond donors (Lipinski definition) is 1. The van der Waals surface area contributed by atoms with Crippen molar-refractivity contribution in [3.8, 4) is 17.1 Å². The van der Waals surface area contributed by atoms with Gasteiger partial charge in [-0.25, -0.2) is 4.68 Å². The van der Waals surface area contributed by atoms with Crippen molar-refractivity contribution in [3.63, 3.8) is 0 Å². The summed E-state index contributed by atoms with van der Waals surface area (Å²) in [5, 5.41) is 7.81. The Hall–Kier alpha value is -3.60. The minimum absolute atomic E-state index is 0.129. The Kier molecular flexibility index (Phi) is 5.27. The van der Waals surface area contributed by atoms with Crippen molar-refractivity contribution in [2.24, 2.45) is 0 Å². The smallest absolute Gasteiger partial charge is 0.270 e. The predicted molar refractivity (Wildman–Crippen MR) is 118 cm³/mol. The van der Waals surface area contributed by atoms with E-state index in [9.17, 15) is 4.79 Å². The summed E-state index contributed by atoms with van der Waals surface area (Å²) >= 11 is 0. The monoisotopic (exact) mass is 399 g/mol. The van der Waals surface area contributed by atoms with Gasteiger partial charge in [0.2, 0.25) is 0 Å². The van der Waals surface area contributed by atoms with Crippen LogP contribution < -0.4 is 5.32 Å². The number of furan rings is 1. The molecule has 0 fully saturated rings. The Morgan fingerprint density at radius 1 is 1.00 bits per heavy atom. The average molecular weight is 399 g/mol. The van der Waals surface area contributed by atoms with Gasteiger partial charge in [-0.05, 0) is 57.0 Å². The van der Waals surface area contributed by atoms with E-state index in [4.69, 9.17) is 9.52 Å². The Morgan fingerprint density at radius 2 is 1.77 bits per heavy atom. The standard InChI is InChI=1S/C25H25N3O2/c1-16-10-12-22(17(2)14-16)28-23(15-21(27-28)24-13-11-18(3)30-24)25(29)26-19(4)20-8-6-5-7-9-20/h5-15,19H,1-4H3,(H,26,29). The van der Waals surface area contributed by atoms with E-state index in [1.807, 2.05) is 82.3 Å². The summed E-state index contributed by atoms with van der Waals surface area (Å²) < 4.78 is 7.45. The zero-order valence-electron chi connectivity index (χ0n) is 17.6. The summed E-state index contributed by atoms with van der Waals surface area (Å²) in [5.74, 6) is 1.25. The lowest BCUT2D eigenvalue weighted by Crippen LogP contribution is -2.28. The van der Waals surface area contributed by atoms with Crippen LogP contribution in [0.4, 0.5) is 0 Å². The molecule has 1 N–H and O–H groups in total. The molecule has 0 bridgehead atoms. The van der Waals surface area contributed by atoms with E-state index in [2.05, 4.69) is 11.4 Å². The second-order valence-corrected chi connectivity index (χ2v) is 7.63. The number of benzene rings is 2. The first-order valence-corrected chi connectivity index (χ1v) is 10.0. The highest BCUT2D eigenvalue weighted by Gasteiger charge is 2.21. The van der Waals surface area contributed by atoms with Crippen LogP contribution in [0, 0.1) is 20.8 Å². The molecule has 2 aromatic heterocycles. The molecular weight excluding hydrogens is 374 g/mol. The lowest BCUT2D eigenvalue weighted by atomic mass is 10.1. The Labute approximate surface area is 176 Å². The van der Waals surface area contributed by atoms with Crippen molar-refractivity contribution in [2.75, 3.05) is 0 Å². The normalized spacial score (nSPS) is 12.0. The number of amides is 1. The van der Waals surface area contributed by atoms with Crippen LogP contribution in [0.15, 0.2) is 71.1 Å². The molecule has 0 aliphatic rings. The molecule has 1 unspecified atom stereocenters. The fraction of sp³-hybridized carbons (Fsp3) is 0.200. The molecule has 5 heteroatoms. The lowest BCUT2D eigenvalue weighted by molar-refractivity contribution is 0.0932. The van der Waals surface area contributed by atoms with Crippen molar-refractivity contribution in [1.29, 1.82) is 0 Å². The topological polar surface area (TPSA) is 60.1 Å². The van der Waals surface area contributed by atoms with Crippen molar-refractivity contribution in [2.45, 2.75) is 33.7 Å². The van der Waals surface area contributed by atoms with Crippen LogP contribution >= 0.6 is 0 Å². The summed E-state index contributed by atoms with van der Waals surface area (Å²) in [6.07, 6.45) is 0. The fourth-order valence-electron chi connectivity index (χ4n) is 3.56. The van der Waals surface area contributed by atoms with E-state index < -0.39 is 0 Å². The number of nitrogens with zero attached hydrogens (tertiary/aromatic N) is 2. The van der Waals surface area contributed by atoms with E-state index in [-0.39, 0.29) is 11.9 Å². The first-order chi connectivity index (χ1) is 14.4. The Bertz CT molecular complexity index is 1190. The number of nitrogens with one attached hydrogen (secondary N) is 1. The molecule has 0 radical (unpaired) electrons. The lowest BCUT2D eigenvalue weighted by Gasteiger charge is -2.15. The van der Waals surface area contributed by atoms with Gasteiger partial charge in [0.25, 0.3) is 5.91 Å². The van der Waals surface area contributed by atoms with E-state index in [1.54, 1.807) is 10.7 Å². The summed E-state index contributed by atoms with van der Waals surface area (Å²) in [4.78, 5) is 13.2. The zero-order valence-corrected chi connectivity index (χ0v) is 17.6. The largest absolute Gasteiger partial charge is 0.460 e. The van der Waals surface area contributed by atoms with Gasteiger partial charge >= 0.3 is 0 Å². The summed E-state index contributed by atoms with van der Waals surface area (Å²) in [7, 11) is 0. The van der Waals surface area contributed by atoms with Gasteiger partial charge in [0, 0.05) is 6.07 Å². The van der Waals surface area contributed by atoms with Crippen molar-refractivity contribution in [3.05, 3.63) is 94.9 Å². The van der Waals surface area contributed by atoms with Crippen molar-refractivity contribution < 1.29 is 9.21 Å². The first-order valence-electron chi connectivity index (χ1n) is 10.0. The number of carbonyl (C=O) groups excluding carboxylic acids is 1. The molecule has 0 spiro atoms. The predicted octanol–water partition coefficient (Wildman–Crippen LogP) is 5.55. The summed E-state index contributed by atoms with van der Waals surface area (Å²) in [6.45, 7) is 7.93. The molecule has 30 heavy (non-hydrogen) atoms. The zero-order chi connectivity index (χ0) is 21.3. The van der Waals surface area contributed by atoms with E-state index in [0.29, 0.717) is 17.1 Å². The molecule has 1 amide bonds. The second kappa shape index (κ2) is 8.03. The van der Waals surface area contributed by atoms with Gasteiger partial charge in [0.15, 0.2) is 5.76 Å². The third-order valence-electron chi connectivity index (χ3n) is 5.16. The number of aromatic nitrogens is 2. The first kappa shape index (κ1) is 19.7. The Balaban J connectivity index is 1.75. The quantitative estimate of drug-likeness (QED) is 0.479. The van der Waals surface area contributed by atoms with Crippen LogP contribution in [-0.2, 0) is 0 Å². The van der Waals surface area contributed by atoms with Gasteiger partial charge in [0.1, 0.15) is 17.1 Å². The molecule has 152 valence electrons. The van der Waals surface area contributed by atoms with Gasteiger partial charge < -0.3 is 9.73 Å². The molecule has 0 aliphatic heterocycles. The van der Waals surface area contributed by atoms with Crippen molar-refractivity contribution >= 4 is 5.91 Å². The molecule has 0 saturated carbocycles. The molecule has 1 atom stereocenters. The highest BCUT2D eigenvalue weighted by atomic mass is 16.3. The van der Waals surface area contributed by atoms with Crippen LogP contribution in [0.2, 0.25) is 0 Å². The molecule has 0 aliphatic carbocycles. The van der Waals surface area contributed by atoms with Crippen LogP contribution in [-0.4, -0.2) is 15.7 Å². The van der Waals surface area contributed by atoms with Gasteiger partial charge in [-0.1, -0.05) is 48.0 Å². The third kappa shape index (κ3) is 3.92. The highest BCUT2D eigenvalue weighted by molar-refractivity contribution is 5.94. The molecular formula is C25H25N3O2.